The van der Waals surface area contributed by atoms with Crippen molar-refractivity contribution in [1.29, 1.82) is 0 Å². The number of carbonyl (C=O) groups is 1. The molecule has 2 rings (SSSR count). The summed E-state index contributed by atoms with van der Waals surface area (Å²) in [6, 6.07) is 18.4. The molecule has 3 nitrogen and oxygen atoms in total. The summed E-state index contributed by atoms with van der Waals surface area (Å²) in [5.41, 5.74) is 3.54. The summed E-state index contributed by atoms with van der Waals surface area (Å²) < 4.78 is 0. The van der Waals surface area contributed by atoms with Gasteiger partial charge in [0.2, 0.25) is 5.91 Å². The Morgan fingerprint density at radius 1 is 1.00 bits per heavy atom. The van der Waals surface area contributed by atoms with Gasteiger partial charge in [-0.2, -0.15) is 0 Å². The van der Waals surface area contributed by atoms with Gasteiger partial charge >= 0.3 is 0 Å². The zero-order valence-corrected chi connectivity index (χ0v) is 15.0. The number of nitrogens with zero attached hydrogens (tertiary/aromatic N) is 1. The van der Waals surface area contributed by atoms with Crippen molar-refractivity contribution in [2.75, 3.05) is 14.1 Å². The Labute approximate surface area is 145 Å². The molecule has 2 aromatic rings. The molecule has 0 heterocycles. The lowest BCUT2D eigenvalue weighted by molar-refractivity contribution is -0.122. The summed E-state index contributed by atoms with van der Waals surface area (Å²) >= 11 is 0. The highest BCUT2D eigenvalue weighted by Crippen LogP contribution is 2.21. The molecule has 1 amide bonds. The maximum atomic E-state index is 12.7. The summed E-state index contributed by atoms with van der Waals surface area (Å²) in [5, 5.41) is 3.14. The Morgan fingerprint density at radius 3 is 2.25 bits per heavy atom. The molecule has 0 fully saturated rings. The van der Waals surface area contributed by atoms with E-state index in [0.29, 0.717) is 6.54 Å². The van der Waals surface area contributed by atoms with Gasteiger partial charge in [0.25, 0.3) is 0 Å². The molecule has 0 saturated heterocycles. The van der Waals surface area contributed by atoms with Crippen LogP contribution in [0, 0.1) is 0 Å². The van der Waals surface area contributed by atoms with Crippen LogP contribution in [0.4, 0.5) is 0 Å². The van der Waals surface area contributed by atoms with Crippen molar-refractivity contribution in [3.8, 4) is 0 Å². The van der Waals surface area contributed by atoms with Crippen molar-refractivity contribution >= 4 is 5.91 Å². The standard InChI is InChI=1S/C21H28N2O/c1-4-10-20(17-11-6-5-7-12-17)21(24)22-15-18-13-8-9-14-19(18)16-23(2)3/h5-9,11-14,20H,4,10,15-16H2,1-3H3,(H,22,24)/t20-/m1/s1. The molecule has 24 heavy (non-hydrogen) atoms. The lowest BCUT2D eigenvalue weighted by atomic mass is 9.93. The fraction of sp³-hybridized carbons (Fsp3) is 0.381. The Kier molecular flexibility index (Phi) is 7.01. The van der Waals surface area contributed by atoms with Crippen molar-refractivity contribution in [2.45, 2.75) is 38.8 Å². The maximum absolute atomic E-state index is 12.7. The number of rotatable bonds is 8. The van der Waals surface area contributed by atoms with Gasteiger partial charge in [-0.3, -0.25) is 4.79 Å². The normalized spacial score (nSPS) is 12.2. The van der Waals surface area contributed by atoms with Crippen molar-refractivity contribution < 1.29 is 4.79 Å². The largest absolute Gasteiger partial charge is 0.351 e. The van der Waals surface area contributed by atoms with Crippen LogP contribution in [0.5, 0.6) is 0 Å². The average molecular weight is 324 g/mol. The molecule has 0 bridgehead atoms. The highest BCUT2D eigenvalue weighted by Gasteiger charge is 2.19. The molecule has 2 aromatic carbocycles. The first-order chi connectivity index (χ1) is 11.6. The highest BCUT2D eigenvalue weighted by atomic mass is 16.1. The minimum Gasteiger partial charge on any atom is -0.351 e. The van der Waals surface area contributed by atoms with Crippen LogP contribution in [-0.4, -0.2) is 24.9 Å². The van der Waals surface area contributed by atoms with E-state index >= 15 is 0 Å². The van der Waals surface area contributed by atoms with E-state index in [1.54, 1.807) is 0 Å². The topological polar surface area (TPSA) is 32.3 Å². The van der Waals surface area contributed by atoms with Gasteiger partial charge in [0.15, 0.2) is 0 Å². The first-order valence-corrected chi connectivity index (χ1v) is 8.66. The fourth-order valence-corrected chi connectivity index (χ4v) is 2.95. The Bertz CT molecular complexity index is 637. The van der Waals surface area contributed by atoms with Crippen LogP contribution in [0.1, 0.15) is 42.4 Å². The van der Waals surface area contributed by atoms with E-state index in [4.69, 9.17) is 0 Å². The van der Waals surface area contributed by atoms with Gasteiger partial charge in [0.05, 0.1) is 5.92 Å². The van der Waals surface area contributed by atoms with Crippen molar-refractivity contribution in [3.05, 3.63) is 71.3 Å². The molecule has 0 aliphatic carbocycles. The van der Waals surface area contributed by atoms with Gasteiger partial charge in [-0.25, -0.2) is 0 Å². The third kappa shape index (κ3) is 5.20. The van der Waals surface area contributed by atoms with Gasteiger partial charge in [0.1, 0.15) is 0 Å². The first kappa shape index (κ1) is 18.2. The second-order valence-corrected chi connectivity index (χ2v) is 6.48. The van der Waals surface area contributed by atoms with Gasteiger partial charge in [0, 0.05) is 13.1 Å². The summed E-state index contributed by atoms with van der Waals surface area (Å²) in [5.74, 6) is 0.0416. The predicted octanol–water partition coefficient (Wildman–Crippen LogP) is 3.95. The average Bonchev–Trinajstić information content (AvgIpc) is 2.59. The van der Waals surface area contributed by atoms with Crippen molar-refractivity contribution in [1.82, 2.24) is 10.2 Å². The van der Waals surface area contributed by atoms with Crippen molar-refractivity contribution in [3.63, 3.8) is 0 Å². The summed E-state index contributed by atoms with van der Waals surface area (Å²) in [6.07, 6.45) is 1.86. The maximum Gasteiger partial charge on any atom is 0.227 e. The van der Waals surface area contributed by atoms with E-state index in [0.717, 1.165) is 24.9 Å². The molecular formula is C21H28N2O. The molecule has 0 aromatic heterocycles. The number of amides is 1. The number of carbonyl (C=O) groups excluding carboxylic acids is 1. The molecule has 1 atom stereocenters. The lowest BCUT2D eigenvalue weighted by Gasteiger charge is -2.18. The molecule has 0 aliphatic rings. The van der Waals surface area contributed by atoms with E-state index in [9.17, 15) is 4.79 Å². The van der Waals surface area contributed by atoms with Crippen LogP contribution in [0.2, 0.25) is 0 Å². The molecule has 0 unspecified atom stereocenters. The SMILES string of the molecule is CCC[C@@H](C(=O)NCc1ccccc1CN(C)C)c1ccccc1. The molecule has 1 N–H and O–H groups in total. The number of nitrogens with one attached hydrogen (secondary N) is 1. The minimum atomic E-state index is -0.0720. The Morgan fingerprint density at radius 2 is 1.62 bits per heavy atom. The van der Waals surface area contributed by atoms with Crippen LogP contribution < -0.4 is 5.32 Å². The van der Waals surface area contributed by atoms with E-state index in [1.807, 2.05) is 42.5 Å². The third-order valence-electron chi connectivity index (χ3n) is 4.15. The zero-order chi connectivity index (χ0) is 17.4. The molecule has 0 saturated carbocycles. The Hall–Kier alpha value is -2.13. The van der Waals surface area contributed by atoms with E-state index < -0.39 is 0 Å². The van der Waals surface area contributed by atoms with E-state index in [-0.39, 0.29) is 11.8 Å². The minimum absolute atomic E-state index is 0.0720. The second kappa shape index (κ2) is 9.24. The third-order valence-corrected chi connectivity index (χ3v) is 4.15. The quantitative estimate of drug-likeness (QED) is 0.797. The molecule has 128 valence electrons. The van der Waals surface area contributed by atoms with Gasteiger partial charge < -0.3 is 10.2 Å². The van der Waals surface area contributed by atoms with E-state index in [2.05, 4.69) is 43.4 Å². The molecule has 0 radical (unpaired) electrons. The van der Waals surface area contributed by atoms with E-state index in [1.165, 1.54) is 11.1 Å². The summed E-state index contributed by atoms with van der Waals surface area (Å²) in [4.78, 5) is 14.9. The van der Waals surface area contributed by atoms with Crippen LogP contribution >= 0.6 is 0 Å². The Balaban J connectivity index is 2.06. The van der Waals surface area contributed by atoms with Crippen molar-refractivity contribution in [2.24, 2.45) is 0 Å². The molecular weight excluding hydrogens is 296 g/mol. The zero-order valence-electron chi connectivity index (χ0n) is 15.0. The summed E-state index contributed by atoms with van der Waals surface area (Å²) in [6.45, 7) is 3.58. The van der Waals surface area contributed by atoms with Crippen LogP contribution in [-0.2, 0) is 17.9 Å². The number of hydrogen-bond acceptors (Lipinski definition) is 2. The van der Waals surface area contributed by atoms with Crippen LogP contribution in [0.15, 0.2) is 54.6 Å². The lowest BCUT2D eigenvalue weighted by Crippen LogP contribution is -2.29. The number of hydrogen-bond donors (Lipinski definition) is 1. The first-order valence-electron chi connectivity index (χ1n) is 8.66. The van der Waals surface area contributed by atoms with Gasteiger partial charge in [-0.1, -0.05) is 67.9 Å². The molecule has 3 heteroatoms. The summed E-state index contributed by atoms with van der Waals surface area (Å²) in [7, 11) is 4.12. The molecule has 0 spiro atoms. The van der Waals surface area contributed by atoms with Crippen LogP contribution in [0.25, 0.3) is 0 Å². The smallest absolute Gasteiger partial charge is 0.227 e. The second-order valence-electron chi connectivity index (χ2n) is 6.48. The highest BCUT2D eigenvalue weighted by molar-refractivity contribution is 5.83. The van der Waals surface area contributed by atoms with Gasteiger partial charge in [-0.05, 0) is 37.2 Å². The predicted molar refractivity (Wildman–Crippen MR) is 99.8 cm³/mol. The number of benzene rings is 2. The van der Waals surface area contributed by atoms with Gasteiger partial charge in [-0.15, -0.1) is 0 Å². The fourth-order valence-electron chi connectivity index (χ4n) is 2.95. The monoisotopic (exact) mass is 324 g/mol. The molecule has 0 aliphatic heterocycles. The van der Waals surface area contributed by atoms with Crippen LogP contribution in [0.3, 0.4) is 0 Å².